The number of carbonyl (C=O) groups excluding carboxylic acids is 3. The lowest BCUT2D eigenvalue weighted by molar-refractivity contribution is -0.144. The number of carbonyl (C=O) groups is 4. The van der Waals surface area contributed by atoms with Crippen molar-refractivity contribution in [1.82, 2.24) is 15.2 Å². The van der Waals surface area contributed by atoms with Gasteiger partial charge in [0.25, 0.3) is 11.8 Å². The molecule has 9 nitrogen and oxygen atoms in total. The molecule has 0 spiro atoms. The second-order valence-electron chi connectivity index (χ2n) is 10.4. The summed E-state index contributed by atoms with van der Waals surface area (Å²) in [6, 6.07) is 9.69. The van der Waals surface area contributed by atoms with Gasteiger partial charge in [-0.1, -0.05) is 47.5 Å². The molecule has 3 aromatic rings. The molecule has 3 N–H and O–H groups in total. The van der Waals surface area contributed by atoms with Gasteiger partial charge in [-0.05, 0) is 61.4 Å². The zero-order valence-electron chi connectivity index (χ0n) is 22.2. The summed E-state index contributed by atoms with van der Waals surface area (Å²) in [5, 5.41) is 15.4. The molecule has 2 bridgehead atoms. The van der Waals surface area contributed by atoms with Crippen molar-refractivity contribution in [2.75, 3.05) is 5.32 Å². The Hall–Kier alpha value is -4.02. The number of nitrogens with one attached hydrogen (secondary N) is 2. The highest BCUT2D eigenvalue weighted by Crippen LogP contribution is 2.40. The number of rotatable bonds is 8. The van der Waals surface area contributed by atoms with E-state index in [1.807, 2.05) is 0 Å². The van der Waals surface area contributed by atoms with Crippen LogP contribution >= 0.6 is 23.2 Å². The van der Waals surface area contributed by atoms with Crippen molar-refractivity contribution in [3.63, 3.8) is 0 Å². The van der Waals surface area contributed by atoms with Crippen molar-refractivity contribution in [1.29, 1.82) is 0 Å². The van der Waals surface area contributed by atoms with Crippen LogP contribution in [0.25, 0.3) is 0 Å². The van der Waals surface area contributed by atoms with E-state index in [2.05, 4.69) is 15.6 Å². The number of pyridine rings is 1. The fraction of sp³-hybridized carbons (Fsp3) is 0.300. The molecule has 1 aliphatic carbocycles. The van der Waals surface area contributed by atoms with Crippen LogP contribution in [0.2, 0.25) is 10.0 Å². The van der Waals surface area contributed by atoms with E-state index in [9.17, 15) is 28.7 Å². The lowest BCUT2D eigenvalue weighted by atomic mass is 9.74. The van der Waals surface area contributed by atoms with Gasteiger partial charge in [-0.2, -0.15) is 0 Å². The van der Waals surface area contributed by atoms with Gasteiger partial charge in [0, 0.05) is 30.5 Å². The predicted molar refractivity (Wildman–Crippen MR) is 154 cm³/mol. The largest absolute Gasteiger partial charge is 0.480 e. The molecule has 2 atom stereocenters. The zero-order valence-corrected chi connectivity index (χ0v) is 23.7. The summed E-state index contributed by atoms with van der Waals surface area (Å²) < 4.78 is 14.5. The maximum absolute atomic E-state index is 14.5. The third-order valence-electron chi connectivity index (χ3n) is 7.84. The van der Waals surface area contributed by atoms with Crippen LogP contribution < -0.4 is 10.6 Å². The molecule has 3 aliphatic rings. The smallest absolute Gasteiger partial charge is 0.326 e. The van der Waals surface area contributed by atoms with Gasteiger partial charge in [0.2, 0.25) is 5.91 Å². The molecular weight excluding hydrogens is 586 g/mol. The van der Waals surface area contributed by atoms with Gasteiger partial charge in [0.05, 0.1) is 21.2 Å². The number of hydrogen-bond donors (Lipinski definition) is 3. The van der Waals surface area contributed by atoms with E-state index in [0.29, 0.717) is 24.1 Å². The highest BCUT2D eigenvalue weighted by atomic mass is 35.5. The number of anilines is 1. The van der Waals surface area contributed by atoms with Crippen LogP contribution in [-0.4, -0.2) is 56.8 Å². The minimum Gasteiger partial charge on any atom is -0.480 e. The number of halogens is 3. The average Bonchev–Trinajstić information content (AvgIpc) is 2.97. The molecule has 6 rings (SSSR count). The molecule has 1 aromatic heterocycles. The number of aliphatic carboxylic acids is 1. The molecule has 3 heterocycles. The SMILES string of the molecule is O=C(Nc1ccc(C[C@H](NC(=O)[C@@H]2C3CCC(CC3)N2C(=O)c2ccccc2F)C(=O)O)cc1)c1c(Cl)cncc1Cl. The maximum atomic E-state index is 14.5. The quantitative estimate of drug-likeness (QED) is 0.329. The first-order valence-electron chi connectivity index (χ1n) is 13.4. The third-order valence-corrected chi connectivity index (χ3v) is 8.41. The summed E-state index contributed by atoms with van der Waals surface area (Å²) in [5.74, 6) is -3.73. The monoisotopic (exact) mass is 612 g/mol. The Morgan fingerprint density at radius 1 is 0.976 bits per heavy atom. The second-order valence-corrected chi connectivity index (χ2v) is 11.3. The van der Waals surface area contributed by atoms with Gasteiger partial charge in [-0.15, -0.1) is 0 Å². The fourth-order valence-electron chi connectivity index (χ4n) is 5.79. The zero-order chi connectivity index (χ0) is 30.0. The summed E-state index contributed by atoms with van der Waals surface area (Å²) in [6.45, 7) is 0. The minimum absolute atomic E-state index is 0.0423. The molecular formula is C30H27Cl2FN4O5. The highest BCUT2D eigenvalue weighted by Gasteiger charge is 2.48. The predicted octanol–water partition coefficient (Wildman–Crippen LogP) is 4.98. The highest BCUT2D eigenvalue weighted by molar-refractivity contribution is 6.40. The topological polar surface area (TPSA) is 129 Å². The van der Waals surface area contributed by atoms with Gasteiger partial charge in [0.1, 0.15) is 17.9 Å². The number of fused-ring (bicyclic) bond motifs is 3. The molecule has 42 heavy (non-hydrogen) atoms. The van der Waals surface area contributed by atoms with Gasteiger partial charge >= 0.3 is 5.97 Å². The van der Waals surface area contributed by atoms with E-state index >= 15 is 0 Å². The van der Waals surface area contributed by atoms with E-state index in [4.69, 9.17) is 23.2 Å². The van der Waals surface area contributed by atoms with Crippen molar-refractivity contribution in [3.8, 4) is 0 Å². The normalized spacial score (nSPS) is 20.1. The Kier molecular flexibility index (Phi) is 8.74. The van der Waals surface area contributed by atoms with E-state index in [1.165, 1.54) is 35.5 Å². The van der Waals surface area contributed by atoms with Crippen LogP contribution in [0.4, 0.5) is 10.1 Å². The van der Waals surface area contributed by atoms with Crippen LogP contribution in [0.5, 0.6) is 0 Å². The summed E-state index contributed by atoms with van der Waals surface area (Å²) >= 11 is 12.1. The van der Waals surface area contributed by atoms with Crippen molar-refractivity contribution < 1.29 is 28.7 Å². The Morgan fingerprint density at radius 3 is 2.24 bits per heavy atom. The summed E-state index contributed by atoms with van der Waals surface area (Å²) in [6.07, 6.45) is 5.44. The Labute approximate surface area is 251 Å². The number of amides is 3. The molecule has 0 unspecified atom stereocenters. The van der Waals surface area contributed by atoms with Crippen LogP contribution in [0.1, 0.15) is 52.0 Å². The van der Waals surface area contributed by atoms with E-state index in [1.54, 1.807) is 30.3 Å². The molecule has 218 valence electrons. The van der Waals surface area contributed by atoms with Crippen molar-refractivity contribution >= 4 is 52.6 Å². The Balaban J connectivity index is 1.28. The van der Waals surface area contributed by atoms with Crippen LogP contribution in [-0.2, 0) is 16.0 Å². The number of nitrogens with zero attached hydrogens (tertiary/aromatic N) is 2. The van der Waals surface area contributed by atoms with Gasteiger partial charge in [0.15, 0.2) is 0 Å². The molecule has 2 saturated heterocycles. The third kappa shape index (κ3) is 6.10. The Morgan fingerprint density at radius 2 is 1.62 bits per heavy atom. The van der Waals surface area contributed by atoms with Crippen LogP contribution in [0, 0.1) is 11.7 Å². The minimum atomic E-state index is -1.28. The lowest BCUT2D eigenvalue weighted by Crippen LogP contribution is -2.64. The Bertz CT molecular complexity index is 1510. The van der Waals surface area contributed by atoms with Crippen LogP contribution in [0.3, 0.4) is 0 Å². The number of benzene rings is 2. The van der Waals surface area contributed by atoms with Crippen molar-refractivity contribution in [2.24, 2.45) is 5.92 Å². The molecule has 2 aliphatic heterocycles. The molecule has 2 aromatic carbocycles. The first-order valence-corrected chi connectivity index (χ1v) is 14.2. The first-order chi connectivity index (χ1) is 20.1. The number of aromatic nitrogens is 1. The van der Waals surface area contributed by atoms with E-state index in [0.717, 1.165) is 12.8 Å². The first kappa shape index (κ1) is 29.5. The molecule has 12 heteroatoms. The standard InChI is InChI=1S/C30H27Cl2FN4O5/c31-21-14-34-15-22(32)25(21)27(38)35-18-9-5-16(6-10-18)13-24(30(41)42)36-28(39)26-17-7-11-19(12-8-17)37(26)29(40)20-3-1-2-4-23(20)33/h1-6,9-10,14-15,17,19,24,26H,7-8,11-13H2,(H,35,38)(H,36,39)(H,41,42)/t17?,19?,24-,26-/m0/s1. The summed E-state index contributed by atoms with van der Waals surface area (Å²) in [7, 11) is 0. The van der Waals surface area contributed by atoms with Gasteiger partial charge in [-0.3, -0.25) is 19.4 Å². The number of carboxylic acids is 1. The van der Waals surface area contributed by atoms with Crippen LogP contribution in [0.15, 0.2) is 60.9 Å². The molecule has 1 saturated carbocycles. The van der Waals surface area contributed by atoms with Gasteiger partial charge < -0.3 is 20.6 Å². The van der Waals surface area contributed by atoms with E-state index in [-0.39, 0.29) is 39.6 Å². The lowest BCUT2D eigenvalue weighted by Gasteiger charge is -2.50. The number of carboxylic acid groups (broad SMARTS) is 1. The van der Waals surface area contributed by atoms with Crippen molar-refractivity contribution in [3.05, 3.63) is 93.5 Å². The second kappa shape index (κ2) is 12.5. The fourth-order valence-corrected chi connectivity index (χ4v) is 6.33. The molecule has 0 radical (unpaired) electrons. The summed E-state index contributed by atoms with van der Waals surface area (Å²) in [4.78, 5) is 57.0. The molecule has 3 fully saturated rings. The van der Waals surface area contributed by atoms with E-state index < -0.39 is 41.6 Å². The summed E-state index contributed by atoms with van der Waals surface area (Å²) in [5.41, 5.74) is 0.970. The maximum Gasteiger partial charge on any atom is 0.326 e. The average molecular weight is 613 g/mol. The van der Waals surface area contributed by atoms with Crippen molar-refractivity contribution in [2.45, 2.75) is 50.2 Å². The number of piperidine rings is 2. The molecule has 3 amide bonds. The van der Waals surface area contributed by atoms with Gasteiger partial charge in [-0.25, -0.2) is 9.18 Å². The number of hydrogen-bond acceptors (Lipinski definition) is 5.